The van der Waals surface area contributed by atoms with Crippen LogP contribution in [0.4, 0.5) is 0 Å². The number of nitrogens with zero attached hydrogens (tertiary/aromatic N) is 1. The van der Waals surface area contributed by atoms with Gasteiger partial charge in [-0.1, -0.05) is 59.3 Å². The van der Waals surface area contributed by atoms with Crippen LogP contribution in [0.25, 0.3) is 0 Å². The Morgan fingerprint density at radius 2 is 1.65 bits per heavy atom. The molecule has 0 saturated heterocycles. The number of hydrogen-bond acceptors (Lipinski definition) is 1. The Kier molecular flexibility index (Phi) is 8.17. The molecule has 1 aliphatic rings. The molecule has 120 valence electrons. The molecule has 0 aromatic carbocycles. The zero-order chi connectivity index (χ0) is 15.1. The maximum atomic E-state index is 2.45. The summed E-state index contributed by atoms with van der Waals surface area (Å²) in [6.45, 7) is 9.58. The molecular weight excluding hydrogens is 242 g/mol. The van der Waals surface area contributed by atoms with Gasteiger partial charge < -0.3 is 4.90 Å². The minimum atomic E-state index is 0.721. The maximum Gasteiger partial charge on any atom is 0.00865 e. The van der Waals surface area contributed by atoms with Crippen LogP contribution in [0.2, 0.25) is 0 Å². The van der Waals surface area contributed by atoms with Crippen molar-refractivity contribution < 1.29 is 0 Å². The fraction of sp³-hybridized carbons (Fsp3) is 1.00. The number of hydrogen-bond donors (Lipinski definition) is 0. The van der Waals surface area contributed by atoms with Gasteiger partial charge in [0, 0.05) is 6.04 Å². The Balaban J connectivity index is 2.22. The molecule has 5 unspecified atom stereocenters. The molecule has 0 bridgehead atoms. The third-order valence-electron chi connectivity index (χ3n) is 5.84. The van der Waals surface area contributed by atoms with Crippen molar-refractivity contribution >= 4 is 0 Å². The molecule has 0 heterocycles. The van der Waals surface area contributed by atoms with E-state index in [-0.39, 0.29) is 0 Å². The van der Waals surface area contributed by atoms with Gasteiger partial charge in [0.2, 0.25) is 0 Å². The monoisotopic (exact) mass is 281 g/mol. The quantitative estimate of drug-likeness (QED) is 0.532. The fourth-order valence-electron chi connectivity index (χ4n) is 4.04. The minimum absolute atomic E-state index is 0.721. The molecule has 1 aliphatic carbocycles. The van der Waals surface area contributed by atoms with E-state index in [9.17, 15) is 0 Å². The van der Waals surface area contributed by atoms with E-state index >= 15 is 0 Å². The SMILES string of the molecule is CCCC(C)CCC1CCC(CC(C)C(C)N(C)C)C1. The second kappa shape index (κ2) is 9.07. The lowest BCUT2D eigenvalue weighted by Gasteiger charge is -2.28. The third kappa shape index (κ3) is 6.16. The largest absolute Gasteiger partial charge is 0.306 e. The van der Waals surface area contributed by atoms with Crippen LogP contribution in [0.15, 0.2) is 0 Å². The van der Waals surface area contributed by atoms with Crippen molar-refractivity contribution in [1.82, 2.24) is 4.90 Å². The van der Waals surface area contributed by atoms with Gasteiger partial charge in [0.1, 0.15) is 0 Å². The van der Waals surface area contributed by atoms with E-state index in [1.54, 1.807) is 0 Å². The molecule has 1 saturated carbocycles. The van der Waals surface area contributed by atoms with Crippen molar-refractivity contribution in [2.45, 2.75) is 85.1 Å². The van der Waals surface area contributed by atoms with Crippen molar-refractivity contribution in [2.75, 3.05) is 14.1 Å². The molecule has 20 heavy (non-hydrogen) atoms. The zero-order valence-corrected chi connectivity index (χ0v) is 15.0. The Morgan fingerprint density at radius 1 is 1.00 bits per heavy atom. The molecule has 0 aromatic heterocycles. The third-order valence-corrected chi connectivity index (χ3v) is 5.84. The first-order chi connectivity index (χ1) is 9.43. The van der Waals surface area contributed by atoms with E-state index in [0.717, 1.165) is 29.7 Å². The predicted octanol–water partition coefficient (Wildman–Crippen LogP) is 5.60. The molecule has 0 aliphatic heterocycles. The minimum Gasteiger partial charge on any atom is -0.306 e. The van der Waals surface area contributed by atoms with Gasteiger partial charge in [-0.05, 0) is 57.5 Å². The van der Waals surface area contributed by atoms with Crippen molar-refractivity contribution in [3.63, 3.8) is 0 Å². The van der Waals surface area contributed by atoms with Crippen LogP contribution in [0.3, 0.4) is 0 Å². The number of rotatable bonds is 9. The Hall–Kier alpha value is -0.0400. The summed E-state index contributed by atoms with van der Waals surface area (Å²) in [6, 6.07) is 0.721. The lowest BCUT2D eigenvalue weighted by molar-refractivity contribution is 0.208. The Bertz CT molecular complexity index is 248. The van der Waals surface area contributed by atoms with Crippen LogP contribution in [-0.2, 0) is 0 Å². The average molecular weight is 282 g/mol. The smallest absolute Gasteiger partial charge is 0.00865 e. The lowest BCUT2D eigenvalue weighted by Crippen LogP contribution is -2.31. The molecule has 0 amide bonds. The van der Waals surface area contributed by atoms with E-state index in [2.05, 4.69) is 46.7 Å². The molecule has 1 nitrogen and oxygen atoms in total. The summed E-state index contributed by atoms with van der Waals surface area (Å²) in [4.78, 5) is 2.38. The second-order valence-corrected chi connectivity index (χ2v) is 7.93. The van der Waals surface area contributed by atoms with Crippen molar-refractivity contribution in [1.29, 1.82) is 0 Å². The first kappa shape index (κ1) is 18.0. The molecule has 5 atom stereocenters. The summed E-state index contributed by atoms with van der Waals surface area (Å²) in [5, 5.41) is 0. The zero-order valence-electron chi connectivity index (χ0n) is 15.0. The molecule has 1 heteroatoms. The average Bonchev–Trinajstić information content (AvgIpc) is 2.83. The first-order valence-corrected chi connectivity index (χ1v) is 9.10. The van der Waals surface area contributed by atoms with Gasteiger partial charge >= 0.3 is 0 Å². The van der Waals surface area contributed by atoms with Gasteiger partial charge in [-0.2, -0.15) is 0 Å². The fourth-order valence-corrected chi connectivity index (χ4v) is 4.04. The summed E-state index contributed by atoms with van der Waals surface area (Å²) >= 11 is 0. The molecular formula is C19H39N. The van der Waals surface area contributed by atoms with Gasteiger partial charge in [0.15, 0.2) is 0 Å². The standard InChI is InChI=1S/C19H39N/c1-7-8-15(2)9-10-18-11-12-19(14-18)13-16(3)17(4)20(5)6/h15-19H,7-14H2,1-6H3. The highest BCUT2D eigenvalue weighted by atomic mass is 15.1. The normalized spacial score (nSPS) is 27.8. The van der Waals surface area contributed by atoms with Crippen LogP contribution in [-0.4, -0.2) is 25.0 Å². The lowest BCUT2D eigenvalue weighted by atomic mass is 9.88. The Morgan fingerprint density at radius 3 is 2.25 bits per heavy atom. The Labute approximate surface area is 128 Å². The van der Waals surface area contributed by atoms with Crippen molar-refractivity contribution in [2.24, 2.45) is 23.7 Å². The van der Waals surface area contributed by atoms with Crippen molar-refractivity contribution in [3.05, 3.63) is 0 Å². The van der Waals surface area contributed by atoms with Crippen LogP contribution in [0.1, 0.15) is 79.1 Å². The van der Waals surface area contributed by atoms with Gasteiger partial charge in [0.05, 0.1) is 0 Å². The van der Waals surface area contributed by atoms with E-state index in [0.29, 0.717) is 0 Å². The van der Waals surface area contributed by atoms with E-state index in [1.807, 2.05) is 0 Å². The van der Waals surface area contributed by atoms with E-state index in [4.69, 9.17) is 0 Å². The summed E-state index contributed by atoms with van der Waals surface area (Å²) in [7, 11) is 4.43. The molecule has 1 rings (SSSR count). The maximum absolute atomic E-state index is 2.45. The van der Waals surface area contributed by atoms with Gasteiger partial charge in [-0.25, -0.2) is 0 Å². The predicted molar refractivity (Wildman–Crippen MR) is 91.1 cm³/mol. The summed E-state index contributed by atoms with van der Waals surface area (Å²) < 4.78 is 0. The molecule has 0 aromatic rings. The summed E-state index contributed by atoms with van der Waals surface area (Å²) in [5.74, 6) is 3.85. The highest BCUT2D eigenvalue weighted by Gasteiger charge is 2.27. The molecule has 0 spiro atoms. The van der Waals surface area contributed by atoms with Gasteiger partial charge in [-0.15, -0.1) is 0 Å². The summed E-state index contributed by atoms with van der Waals surface area (Å²) in [6.07, 6.45) is 11.7. The van der Waals surface area contributed by atoms with Crippen LogP contribution in [0, 0.1) is 23.7 Å². The van der Waals surface area contributed by atoms with Crippen LogP contribution in [0.5, 0.6) is 0 Å². The summed E-state index contributed by atoms with van der Waals surface area (Å²) in [5.41, 5.74) is 0. The highest BCUT2D eigenvalue weighted by molar-refractivity contribution is 4.80. The molecule has 1 fully saturated rings. The van der Waals surface area contributed by atoms with Gasteiger partial charge in [0.25, 0.3) is 0 Å². The van der Waals surface area contributed by atoms with Crippen molar-refractivity contribution in [3.8, 4) is 0 Å². The van der Waals surface area contributed by atoms with E-state index in [1.165, 1.54) is 51.4 Å². The topological polar surface area (TPSA) is 3.24 Å². The van der Waals surface area contributed by atoms with Gasteiger partial charge in [-0.3, -0.25) is 0 Å². The molecule has 0 radical (unpaired) electrons. The first-order valence-electron chi connectivity index (χ1n) is 9.10. The van der Waals surface area contributed by atoms with E-state index < -0.39 is 0 Å². The molecule has 0 N–H and O–H groups in total. The second-order valence-electron chi connectivity index (χ2n) is 7.93. The van der Waals surface area contributed by atoms with Crippen LogP contribution < -0.4 is 0 Å². The van der Waals surface area contributed by atoms with Crippen LogP contribution >= 0.6 is 0 Å². The highest BCUT2D eigenvalue weighted by Crippen LogP contribution is 2.38.